The number of hydrogen-bond acceptors (Lipinski definition) is 14. The number of likely N-dealkylation sites (tertiary alicyclic amines) is 1. The van der Waals surface area contributed by atoms with E-state index in [1.165, 1.54) is 39.0 Å². The summed E-state index contributed by atoms with van der Waals surface area (Å²) in [5.41, 5.74) is 2.78. The minimum Gasteiger partial charge on any atom is -0.373 e. The van der Waals surface area contributed by atoms with Crippen LogP contribution in [0.1, 0.15) is 200 Å². The fourth-order valence-electron chi connectivity index (χ4n) is 10.0. The van der Waals surface area contributed by atoms with Crippen LogP contribution in [0, 0.1) is 28.1 Å². The average molecular weight is 1370 g/mol. The summed E-state index contributed by atoms with van der Waals surface area (Å²) in [4.78, 5) is 130. The molecule has 4 fully saturated rings. The van der Waals surface area contributed by atoms with Gasteiger partial charge in [0.05, 0.1) is 37.1 Å². The predicted octanol–water partition coefficient (Wildman–Crippen LogP) is 12.0. The Labute approximate surface area is 569 Å². The van der Waals surface area contributed by atoms with Gasteiger partial charge < -0.3 is 19.1 Å². The van der Waals surface area contributed by atoms with Crippen LogP contribution >= 0.6 is 34.8 Å². The third-order valence-corrected chi connectivity index (χ3v) is 16.6. The SMILES string of the molecule is C=CC(=O)N1CCCC1C(C)C.CC(C)(C)C1CO1.CC(C)C1OC1C(C)(C)C.CC(C)N1C(=O)C(Cl)=C(Cl)C1=O.CC(C)N1C(=O)C=C(Cl)C1=O.CC(C)N1C(=O)C=CC1=O.CC1=C(C)C(=O)N(C(C)C)C1=O.CC1=CC(=O)N(C(C)C)C1=O.CC1OC1C(C)(C)C. The first-order valence-electron chi connectivity index (χ1n) is 32.0. The molecule has 9 aliphatic heterocycles. The van der Waals surface area contributed by atoms with Gasteiger partial charge in [-0.25, -0.2) is 0 Å². The van der Waals surface area contributed by atoms with Gasteiger partial charge in [-0.15, -0.1) is 0 Å². The zero-order valence-electron chi connectivity index (χ0n) is 60.5. The van der Waals surface area contributed by atoms with Gasteiger partial charge in [0.2, 0.25) is 5.91 Å². The van der Waals surface area contributed by atoms with Crippen molar-refractivity contribution in [3.05, 3.63) is 68.8 Å². The van der Waals surface area contributed by atoms with E-state index in [1.54, 1.807) is 48.5 Å². The van der Waals surface area contributed by atoms with E-state index in [0.717, 1.165) is 41.9 Å². The van der Waals surface area contributed by atoms with Gasteiger partial charge in [-0.1, -0.05) is 131 Å². The van der Waals surface area contributed by atoms with Gasteiger partial charge in [0.15, 0.2) is 0 Å². The molecule has 9 aliphatic rings. The molecule has 6 atom stereocenters. The zero-order chi connectivity index (χ0) is 72.8. The van der Waals surface area contributed by atoms with Crippen molar-refractivity contribution in [3.63, 3.8) is 0 Å². The Bertz CT molecular complexity index is 2750. The summed E-state index contributed by atoms with van der Waals surface area (Å²) in [6, 6.07) is -0.0101. The van der Waals surface area contributed by atoms with Crippen LogP contribution < -0.4 is 0 Å². The van der Waals surface area contributed by atoms with Crippen molar-refractivity contribution in [1.29, 1.82) is 0 Å². The number of rotatable bonds is 8. The zero-order valence-corrected chi connectivity index (χ0v) is 62.7. The summed E-state index contributed by atoms with van der Waals surface area (Å²) in [7, 11) is 0. The smallest absolute Gasteiger partial charge is 0.274 e. The van der Waals surface area contributed by atoms with Crippen LogP contribution in [0.2, 0.25) is 0 Å². The molecule has 20 nitrogen and oxygen atoms in total. The van der Waals surface area contributed by atoms with E-state index >= 15 is 0 Å². The Morgan fingerprint density at radius 1 is 0.516 bits per heavy atom. The van der Waals surface area contributed by atoms with Crippen molar-refractivity contribution >= 4 is 99.8 Å². The van der Waals surface area contributed by atoms with E-state index < -0.39 is 17.7 Å². The number of carbonyl (C=O) groups is 11. The largest absolute Gasteiger partial charge is 0.373 e. The lowest BCUT2D eigenvalue weighted by Crippen LogP contribution is -2.37. The maximum absolute atomic E-state index is 11.4. The van der Waals surface area contributed by atoms with Crippen LogP contribution in [-0.4, -0.2) is 174 Å². The molecule has 4 saturated heterocycles. The third-order valence-electron chi connectivity index (χ3n) is 15.5. The molecular weight excluding hydrogens is 1260 g/mol. The van der Waals surface area contributed by atoms with Crippen molar-refractivity contribution in [2.45, 2.75) is 267 Å². The van der Waals surface area contributed by atoms with Crippen LogP contribution in [0.5, 0.6) is 0 Å². The van der Waals surface area contributed by atoms with Gasteiger partial charge in [0.1, 0.15) is 15.1 Å². The van der Waals surface area contributed by atoms with E-state index in [4.69, 9.17) is 49.0 Å². The molecule has 0 aromatic carbocycles. The summed E-state index contributed by atoms with van der Waals surface area (Å²) in [5.74, 6) is -1.47. The van der Waals surface area contributed by atoms with E-state index in [0.29, 0.717) is 81.4 Å². The Morgan fingerprint density at radius 3 is 1.08 bits per heavy atom. The second kappa shape index (κ2) is 35.9. The number of halogens is 3. The lowest BCUT2D eigenvalue weighted by atomic mass is 9.87. The number of imide groups is 5. The van der Waals surface area contributed by atoms with Crippen molar-refractivity contribution in [1.82, 2.24) is 29.4 Å². The maximum Gasteiger partial charge on any atom is 0.274 e. The average Bonchev–Trinajstić information content (AvgIpc) is 1.65. The number of epoxide rings is 3. The highest BCUT2D eigenvalue weighted by molar-refractivity contribution is 6.58. The van der Waals surface area contributed by atoms with E-state index in [-0.39, 0.29) is 92.6 Å². The second-order valence-corrected chi connectivity index (χ2v) is 30.3. The fraction of sp³-hybridized carbons (Fsp3) is 0.671. The molecule has 0 saturated carbocycles. The molecule has 0 spiro atoms. The first-order valence-corrected chi connectivity index (χ1v) is 33.2. The Kier molecular flexibility index (Phi) is 33.0. The molecular formula is C70H109Cl3N6O14. The summed E-state index contributed by atoms with van der Waals surface area (Å²) in [5, 5.41) is -0.366. The second-order valence-electron chi connectivity index (χ2n) is 29.2. The molecule has 0 radical (unpaired) electrons. The Morgan fingerprint density at radius 2 is 0.892 bits per heavy atom. The van der Waals surface area contributed by atoms with Gasteiger partial charge in [0, 0.05) is 83.8 Å². The molecule has 9 rings (SSSR count). The molecule has 9 heterocycles. The fourth-order valence-corrected chi connectivity index (χ4v) is 10.5. The quantitative estimate of drug-likeness (QED) is 0.125. The van der Waals surface area contributed by atoms with Crippen molar-refractivity contribution < 1.29 is 67.0 Å². The minimum absolute atomic E-state index is 0.00343. The summed E-state index contributed by atoms with van der Waals surface area (Å²) in [6.45, 7) is 59.2. The van der Waals surface area contributed by atoms with Crippen molar-refractivity contribution in [2.24, 2.45) is 28.1 Å². The highest BCUT2D eigenvalue weighted by Crippen LogP contribution is 2.42. The monoisotopic (exact) mass is 1360 g/mol. The minimum atomic E-state index is -0.512. The summed E-state index contributed by atoms with van der Waals surface area (Å²) in [6.07, 6.45) is 11.4. The van der Waals surface area contributed by atoms with Gasteiger partial charge in [-0.05, 0) is 144 Å². The van der Waals surface area contributed by atoms with E-state index in [9.17, 15) is 52.7 Å². The Balaban J connectivity index is 0.000000525. The predicted molar refractivity (Wildman–Crippen MR) is 365 cm³/mol. The van der Waals surface area contributed by atoms with E-state index in [1.807, 2.05) is 46.4 Å². The van der Waals surface area contributed by atoms with Gasteiger partial charge in [-0.2, -0.15) is 0 Å². The molecule has 524 valence electrons. The summed E-state index contributed by atoms with van der Waals surface area (Å²) < 4.78 is 15.9. The van der Waals surface area contributed by atoms with E-state index in [2.05, 4.69) is 104 Å². The molecule has 0 N–H and O–H groups in total. The van der Waals surface area contributed by atoms with Crippen molar-refractivity contribution in [2.75, 3.05) is 13.2 Å². The lowest BCUT2D eigenvalue weighted by molar-refractivity contribution is -0.141. The highest BCUT2D eigenvalue weighted by Gasteiger charge is 2.48. The lowest BCUT2D eigenvalue weighted by Gasteiger charge is -2.26. The number of nitrogens with zero attached hydrogens (tertiary/aromatic N) is 6. The first kappa shape index (κ1) is 85.4. The third kappa shape index (κ3) is 25.1. The first-order chi connectivity index (χ1) is 42.3. The number of amides is 11. The number of hydrogen-bond donors (Lipinski definition) is 0. The number of ether oxygens (including phenoxy) is 3. The Hall–Kier alpha value is -5.64. The molecule has 0 aromatic rings. The van der Waals surface area contributed by atoms with Crippen LogP contribution in [-0.2, 0) is 67.0 Å². The molecule has 23 heteroatoms. The van der Waals surface area contributed by atoms with Crippen molar-refractivity contribution in [3.8, 4) is 0 Å². The summed E-state index contributed by atoms with van der Waals surface area (Å²) >= 11 is 16.4. The molecule has 11 amide bonds. The van der Waals surface area contributed by atoms with Gasteiger partial charge in [0.25, 0.3) is 59.1 Å². The molecule has 0 aliphatic carbocycles. The number of carbonyl (C=O) groups excluding carboxylic acids is 11. The van der Waals surface area contributed by atoms with Crippen LogP contribution in [0.25, 0.3) is 0 Å². The van der Waals surface area contributed by atoms with Crippen LogP contribution in [0.4, 0.5) is 0 Å². The normalized spacial score (nSPS) is 23.1. The molecule has 93 heavy (non-hydrogen) atoms. The van der Waals surface area contributed by atoms with Gasteiger partial charge >= 0.3 is 0 Å². The van der Waals surface area contributed by atoms with Gasteiger partial charge in [-0.3, -0.25) is 77.2 Å². The molecule has 0 aromatic heterocycles. The standard InChI is InChI=1S/C10H17NO.C9H13NO2.C9H18O.C8H11NO2.C7H7Cl2NO2.C7H8ClNO2.C7H9NO2.C7H14O.C6H12O/c1-4-10(12)11-7-5-6-9(11)8(2)3;1-5(2)10-8(11)6(3)7(4)9(10)12;1-6(2)7-8(10-7)9(3,4)5;1-5(2)9-7(10)4-6(3)8(9)11;1-3(2)10-6(11)4(8)5(9)7(10)12;1-4(2)9-6(10)3-5(8)7(9)11;1-5(2)8-6(9)3-4-7(8)10;1-5-6(8-5)7(2,3)4;1-6(2,3)5-4-7-5/h4,8-9H,1,5-7H2,2-3H3;5H,1-4H3;6-8H,1-5H3;4-5H,1-3H3;3H,1-2H3;3-4H,1-2H3;3-5H,1-2H3;5-6H,1-4H3;5H,4H2,1-3H3. The topological polar surface area (TPSA) is 245 Å². The molecule has 6 unspecified atom stereocenters. The molecule has 0 bridgehead atoms. The van der Waals surface area contributed by atoms with Crippen LogP contribution in [0.15, 0.2) is 68.8 Å². The van der Waals surface area contributed by atoms with Crippen LogP contribution in [0.3, 0.4) is 0 Å². The highest BCUT2D eigenvalue weighted by atomic mass is 35.5. The maximum atomic E-state index is 11.4.